The number of carbonyl (C=O) groups excluding carboxylic acids is 1. The van der Waals surface area contributed by atoms with Crippen LogP contribution >= 0.6 is 0 Å². The van der Waals surface area contributed by atoms with E-state index >= 15 is 0 Å². The van der Waals surface area contributed by atoms with Crippen LogP contribution in [-0.4, -0.2) is 18.0 Å². The van der Waals surface area contributed by atoms with Crippen LogP contribution < -0.4 is 5.06 Å². The number of ketones is 1. The van der Waals surface area contributed by atoms with Gasteiger partial charge in [0.25, 0.3) is 0 Å². The Morgan fingerprint density at radius 2 is 1.47 bits per heavy atom. The van der Waals surface area contributed by atoms with Gasteiger partial charge in [-0.15, -0.1) is 5.11 Å². The summed E-state index contributed by atoms with van der Waals surface area (Å²) in [6.07, 6.45) is 0. The number of hydrogen-bond donors (Lipinski definition) is 1. The summed E-state index contributed by atoms with van der Waals surface area (Å²) in [5.74, 6) is -0.0733. The number of phenolic OH excluding ortho intramolecular Hbond substituents is 1. The molecule has 0 aliphatic heterocycles. The Bertz CT molecular complexity index is 1770. The van der Waals surface area contributed by atoms with Crippen molar-refractivity contribution >= 4 is 39.3 Å². The fourth-order valence-electron chi connectivity index (χ4n) is 5.01. The summed E-state index contributed by atoms with van der Waals surface area (Å²) in [6.45, 7) is 3.98. The SMILES string of the molecule is CON(c1cccc(C)c1)c1cc2ccccc2c(N=Nc2ccc3c(c2)C(=O)c2cc(C)ccc2-3)c1O. The number of aromatic hydroxyl groups is 1. The third-order valence-corrected chi connectivity index (χ3v) is 6.84. The van der Waals surface area contributed by atoms with Gasteiger partial charge in [-0.1, -0.05) is 60.2 Å². The van der Waals surface area contributed by atoms with Gasteiger partial charge in [-0.3, -0.25) is 9.63 Å². The number of carbonyl (C=O) groups is 1. The molecule has 5 aromatic rings. The Morgan fingerprint density at radius 1 is 0.737 bits per heavy atom. The lowest BCUT2D eigenvalue weighted by Crippen LogP contribution is -2.15. The Labute approximate surface area is 220 Å². The molecule has 5 aromatic carbocycles. The van der Waals surface area contributed by atoms with E-state index in [0.29, 0.717) is 28.2 Å². The second-order valence-corrected chi connectivity index (χ2v) is 9.44. The van der Waals surface area contributed by atoms with Gasteiger partial charge < -0.3 is 5.11 Å². The molecule has 0 heterocycles. The van der Waals surface area contributed by atoms with Crippen LogP contribution in [0.1, 0.15) is 27.0 Å². The van der Waals surface area contributed by atoms with Crippen LogP contribution in [0, 0.1) is 13.8 Å². The van der Waals surface area contributed by atoms with Crippen LogP contribution in [0.3, 0.4) is 0 Å². The summed E-state index contributed by atoms with van der Waals surface area (Å²) >= 11 is 0. The molecule has 1 aliphatic carbocycles. The van der Waals surface area contributed by atoms with Crippen LogP contribution in [0.2, 0.25) is 0 Å². The van der Waals surface area contributed by atoms with Crippen LogP contribution in [0.4, 0.5) is 22.7 Å². The molecule has 0 bridgehead atoms. The lowest BCUT2D eigenvalue weighted by Gasteiger charge is -2.24. The number of azo groups is 1. The van der Waals surface area contributed by atoms with Gasteiger partial charge in [0, 0.05) is 16.5 Å². The van der Waals surface area contributed by atoms with Crippen molar-refractivity contribution in [1.29, 1.82) is 0 Å². The number of anilines is 2. The van der Waals surface area contributed by atoms with Crippen molar-refractivity contribution in [2.24, 2.45) is 10.2 Å². The summed E-state index contributed by atoms with van der Waals surface area (Å²) in [5, 5.41) is 23.5. The van der Waals surface area contributed by atoms with Crippen molar-refractivity contribution < 1.29 is 14.7 Å². The van der Waals surface area contributed by atoms with Gasteiger partial charge in [-0.25, -0.2) is 5.06 Å². The molecule has 38 heavy (non-hydrogen) atoms. The van der Waals surface area contributed by atoms with E-state index in [9.17, 15) is 9.90 Å². The molecule has 0 amide bonds. The number of phenols is 1. The Morgan fingerprint density at radius 3 is 2.26 bits per heavy atom. The van der Waals surface area contributed by atoms with Crippen molar-refractivity contribution in [2.75, 3.05) is 12.2 Å². The smallest absolute Gasteiger partial charge is 0.194 e. The van der Waals surface area contributed by atoms with Crippen LogP contribution in [0.15, 0.2) is 101 Å². The average Bonchev–Trinajstić information content (AvgIpc) is 3.19. The molecule has 0 saturated heterocycles. The first kappa shape index (κ1) is 23.6. The van der Waals surface area contributed by atoms with Gasteiger partial charge in [0.05, 0.1) is 18.5 Å². The molecule has 0 spiro atoms. The largest absolute Gasteiger partial charge is 0.504 e. The molecule has 0 fully saturated rings. The molecule has 1 aliphatic rings. The molecule has 186 valence electrons. The average molecular weight is 500 g/mol. The topological polar surface area (TPSA) is 74.5 Å². The number of benzene rings is 5. The monoisotopic (exact) mass is 499 g/mol. The van der Waals surface area contributed by atoms with E-state index in [1.165, 1.54) is 0 Å². The number of rotatable bonds is 5. The van der Waals surface area contributed by atoms with Crippen LogP contribution in [0.5, 0.6) is 5.75 Å². The van der Waals surface area contributed by atoms with Crippen molar-refractivity contribution in [3.05, 3.63) is 113 Å². The lowest BCUT2D eigenvalue weighted by atomic mass is 10.0. The highest BCUT2D eigenvalue weighted by atomic mass is 16.7. The summed E-state index contributed by atoms with van der Waals surface area (Å²) in [6, 6.07) is 28.8. The fraction of sp³-hybridized carbons (Fsp3) is 0.0938. The fourth-order valence-corrected chi connectivity index (χ4v) is 5.01. The molecule has 0 aromatic heterocycles. The molecule has 6 rings (SSSR count). The minimum absolute atomic E-state index is 0.0139. The van der Waals surface area contributed by atoms with E-state index in [1.807, 2.05) is 98.8 Å². The first-order chi connectivity index (χ1) is 18.4. The Balaban J connectivity index is 1.44. The molecule has 0 unspecified atom stereocenters. The predicted molar refractivity (Wildman–Crippen MR) is 150 cm³/mol. The van der Waals surface area contributed by atoms with Gasteiger partial charge in [0.2, 0.25) is 0 Å². The first-order valence-corrected chi connectivity index (χ1v) is 12.3. The Hall–Kier alpha value is -4.81. The maximum Gasteiger partial charge on any atom is 0.194 e. The third-order valence-electron chi connectivity index (χ3n) is 6.84. The summed E-state index contributed by atoms with van der Waals surface area (Å²) in [4.78, 5) is 18.8. The summed E-state index contributed by atoms with van der Waals surface area (Å²) < 4.78 is 0. The minimum Gasteiger partial charge on any atom is -0.504 e. The van der Waals surface area contributed by atoms with E-state index in [0.717, 1.165) is 38.7 Å². The maximum atomic E-state index is 13.1. The zero-order chi connectivity index (χ0) is 26.4. The zero-order valence-electron chi connectivity index (χ0n) is 21.3. The quantitative estimate of drug-likeness (QED) is 0.191. The first-order valence-electron chi connectivity index (χ1n) is 12.3. The van der Waals surface area contributed by atoms with Gasteiger partial charge in [-0.2, -0.15) is 5.11 Å². The van der Waals surface area contributed by atoms with E-state index in [-0.39, 0.29) is 11.5 Å². The molecule has 6 heteroatoms. The normalized spacial score (nSPS) is 12.2. The molecule has 6 nitrogen and oxygen atoms in total. The van der Waals surface area contributed by atoms with E-state index in [1.54, 1.807) is 18.2 Å². The van der Waals surface area contributed by atoms with Gasteiger partial charge in [-0.05, 0) is 72.3 Å². The van der Waals surface area contributed by atoms with Gasteiger partial charge >= 0.3 is 0 Å². The number of fused-ring (bicyclic) bond motifs is 4. The Kier molecular flexibility index (Phi) is 5.74. The van der Waals surface area contributed by atoms with E-state index in [2.05, 4.69) is 10.2 Å². The van der Waals surface area contributed by atoms with Crippen molar-refractivity contribution in [1.82, 2.24) is 0 Å². The zero-order valence-corrected chi connectivity index (χ0v) is 21.3. The van der Waals surface area contributed by atoms with Gasteiger partial charge in [0.15, 0.2) is 11.5 Å². The van der Waals surface area contributed by atoms with E-state index < -0.39 is 0 Å². The molecule has 0 radical (unpaired) electrons. The number of hydrogen-bond acceptors (Lipinski definition) is 6. The van der Waals surface area contributed by atoms with Crippen molar-refractivity contribution in [3.63, 3.8) is 0 Å². The molecule has 0 saturated carbocycles. The highest BCUT2D eigenvalue weighted by Gasteiger charge is 2.27. The summed E-state index contributed by atoms with van der Waals surface area (Å²) in [7, 11) is 1.55. The third kappa shape index (κ3) is 3.92. The highest BCUT2D eigenvalue weighted by Crippen LogP contribution is 2.46. The van der Waals surface area contributed by atoms with Crippen molar-refractivity contribution in [3.8, 4) is 16.9 Å². The van der Waals surface area contributed by atoms with E-state index in [4.69, 9.17) is 4.84 Å². The molecule has 0 atom stereocenters. The predicted octanol–water partition coefficient (Wildman–Crippen LogP) is 8.49. The number of aryl methyl sites for hydroxylation is 2. The molecular formula is C32H25N3O3. The molecule has 1 N–H and O–H groups in total. The van der Waals surface area contributed by atoms with Gasteiger partial charge in [0.1, 0.15) is 11.4 Å². The second-order valence-electron chi connectivity index (χ2n) is 9.44. The maximum absolute atomic E-state index is 13.1. The highest BCUT2D eigenvalue weighted by molar-refractivity contribution is 6.22. The molecular weight excluding hydrogens is 474 g/mol. The minimum atomic E-state index is -0.0593. The summed E-state index contributed by atoms with van der Waals surface area (Å²) in [5.41, 5.74) is 7.32. The van der Waals surface area contributed by atoms with Crippen molar-refractivity contribution in [2.45, 2.75) is 13.8 Å². The van der Waals surface area contributed by atoms with Crippen LogP contribution in [-0.2, 0) is 4.84 Å². The van der Waals surface area contributed by atoms with Crippen LogP contribution in [0.25, 0.3) is 21.9 Å². The standard InChI is InChI=1S/C32H25N3O3/c1-19-7-6-9-23(15-19)35(38-3)29-17-21-8-4-5-10-24(21)30(32(29)37)34-33-22-12-14-26-25-13-11-20(2)16-27(25)31(36)28(26)18-22/h4-18,37H,1-3H3. The second kappa shape index (κ2) is 9.25. The number of nitrogens with zero attached hydrogens (tertiary/aromatic N) is 3. The lowest BCUT2D eigenvalue weighted by molar-refractivity contribution is 0.104.